The van der Waals surface area contributed by atoms with Crippen molar-refractivity contribution in [1.82, 2.24) is 4.37 Å². The summed E-state index contributed by atoms with van der Waals surface area (Å²) in [7, 11) is 1.43. The molecular formula is C5H5ClN2O2S. The number of carbonyl (C=O) groups excluding carboxylic acids is 1. The molecule has 0 bridgehead atoms. The Hall–Kier alpha value is -0.810. The molecule has 1 aromatic heterocycles. The second-order valence-corrected chi connectivity index (χ2v) is 2.80. The molecule has 0 saturated carbocycles. The fraction of sp³-hybridized carbons (Fsp3) is 0.200. The van der Waals surface area contributed by atoms with Crippen LogP contribution in [-0.2, 0) is 0 Å². The molecule has 4 nitrogen and oxygen atoms in total. The van der Waals surface area contributed by atoms with Gasteiger partial charge in [0.05, 0.1) is 7.11 Å². The van der Waals surface area contributed by atoms with Gasteiger partial charge >= 0.3 is 0 Å². The number of halogens is 1. The number of hydrogen-bond acceptors (Lipinski definition) is 4. The summed E-state index contributed by atoms with van der Waals surface area (Å²) >= 11 is 6.54. The molecule has 0 spiro atoms. The van der Waals surface area contributed by atoms with Crippen LogP contribution < -0.4 is 10.5 Å². The highest BCUT2D eigenvalue weighted by Crippen LogP contribution is 2.29. The standard InChI is InChI=1S/C5H5ClN2O2S/c1-10-5-2(4(7)9)3(6)8-11-5/h1H3,(H2,7,9). The van der Waals surface area contributed by atoms with Crippen LogP contribution >= 0.6 is 23.1 Å². The number of primary amides is 1. The number of amides is 1. The van der Waals surface area contributed by atoms with Gasteiger partial charge in [0.1, 0.15) is 5.56 Å². The van der Waals surface area contributed by atoms with Gasteiger partial charge in [-0.25, -0.2) is 0 Å². The van der Waals surface area contributed by atoms with Crippen LogP contribution in [0.5, 0.6) is 5.06 Å². The van der Waals surface area contributed by atoms with Crippen molar-refractivity contribution < 1.29 is 9.53 Å². The molecule has 6 heteroatoms. The summed E-state index contributed by atoms with van der Waals surface area (Å²) in [5, 5.41) is 0.446. The van der Waals surface area contributed by atoms with Gasteiger partial charge in [0, 0.05) is 11.5 Å². The minimum atomic E-state index is -0.624. The largest absolute Gasteiger partial charge is 0.486 e. The van der Waals surface area contributed by atoms with Crippen molar-refractivity contribution in [3.63, 3.8) is 0 Å². The van der Waals surface area contributed by atoms with E-state index in [1.165, 1.54) is 7.11 Å². The zero-order valence-electron chi connectivity index (χ0n) is 5.63. The van der Waals surface area contributed by atoms with E-state index in [9.17, 15) is 4.79 Å². The van der Waals surface area contributed by atoms with E-state index >= 15 is 0 Å². The molecule has 1 aromatic rings. The smallest absolute Gasteiger partial charge is 0.256 e. The van der Waals surface area contributed by atoms with E-state index in [1.54, 1.807) is 0 Å². The van der Waals surface area contributed by atoms with E-state index in [1.807, 2.05) is 0 Å². The lowest BCUT2D eigenvalue weighted by Crippen LogP contribution is -2.11. The molecule has 0 unspecified atom stereocenters. The molecule has 2 N–H and O–H groups in total. The van der Waals surface area contributed by atoms with Crippen LogP contribution in [0.3, 0.4) is 0 Å². The highest BCUT2D eigenvalue weighted by atomic mass is 35.5. The molecule has 1 amide bonds. The van der Waals surface area contributed by atoms with Gasteiger partial charge in [0.2, 0.25) is 5.06 Å². The first-order chi connectivity index (χ1) is 5.16. The Bertz CT molecular complexity index is 286. The van der Waals surface area contributed by atoms with Gasteiger partial charge in [0.15, 0.2) is 5.15 Å². The van der Waals surface area contributed by atoms with Crippen molar-refractivity contribution in [2.24, 2.45) is 5.73 Å². The first-order valence-corrected chi connectivity index (χ1v) is 3.81. The first kappa shape index (κ1) is 8.29. The van der Waals surface area contributed by atoms with Crippen molar-refractivity contribution in [2.45, 2.75) is 0 Å². The molecule has 0 aliphatic heterocycles. The van der Waals surface area contributed by atoms with Crippen LogP contribution in [0.1, 0.15) is 10.4 Å². The first-order valence-electron chi connectivity index (χ1n) is 2.65. The van der Waals surface area contributed by atoms with Crippen molar-refractivity contribution in [3.8, 4) is 5.06 Å². The molecule has 0 aliphatic rings. The highest BCUT2D eigenvalue weighted by molar-refractivity contribution is 7.08. The summed E-state index contributed by atoms with van der Waals surface area (Å²) in [6, 6.07) is 0. The van der Waals surface area contributed by atoms with Gasteiger partial charge < -0.3 is 10.5 Å². The third kappa shape index (κ3) is 1.44. The van der Waals surface area contributed by atoms with Crippen molar-refractivity contribution in [3.05, 3.63) is 10.7 Å². The Morgan fingerprint density at radius 1 is 1.82 bits per heavy atom. The van der Waals surface area contributed by atoms with Gasteiger partial charge in [0.25, 0.3) is 5.91 Å². The number of ether oxygens (including phenoxy) is 1. The summed E-state index contributed by atoms with van der Waals surface area (Å²) in [6.07, 6.45) is 0. The molecule has 0 saturated heterocycles. The number of nitrogens with two attached hydrogens (primary N) is 1. The van der Waals surface area contributed by atoms with E-state index in [0.29, 0.717) is 5.06 Å². The predicted molar refractivity (Wildman–Crippen MR) is 42.2 cm³/mol. The van der Waals surface area contributed by atoms with E-state index in [2.05, 4.69) is 4.37 Å². The van der Waals surface area contributed by atoms with Gasteiger partial charge in [-0.1, -0.05) is 11.6 Å². The maximum absolute atomic E-state index is 10.7. The van der Waals surface area contributed by atoms with Crippen LogP contribution in [0, 0.1) is 0 Å². The van der Waals surface area contributed by atoms with Crippen LogP contribution in [0.4, 0.5) is 0 Å². The van der Waals surface area contributed by atoms with Gasteiger partial charge in [-0.05, 0) is 0 Å². The summed E-state index contributed by atoms with van der Waals surface area (Å²) in [4.78, 5) is 10.7. The third-order valence-electron chi connectivity index (χ3n) is 1.05. The number of rotatable bonds is 2. The van der Waals surface area contributed by atoms with Gasteiger partial charge in [-0.3, -0.25) is 4.79 Å². The lowest BCUT2D eigenvalue weighted by atomic mass is 10.3. The SMILES string of the molecule is COc1snc(Cl)c1C(N)=O. The minimum Gasteiger partial charge on any atom is -0.486 e. The topological polar surface area (TPSA) is 65.2 Å². The van der Waals surface area contributed by atoms with Gasteiger partial charge in [-0.2, -0.15) is 4.37 Å². The molecule has 0 aliphatic carbocycles. The summed E-state index contributed by atoms with van der Waals surface area (Å²) in [5.41, 5.74) is 5.15. The zero-order chi connectivity index (χ0) is 8.43. The summed E-state index contributed by atoms with van der Waals surface area (Å²) in [5.74, 6) is -0.624. The van der Waals surface area contributed by atoms with Crippen LogP contribution in [0.15, 0.2) is 0 Å². The van der Waals surface area contributed by atoms with Crippen molar-refractivity contribution in [1.29, 1.82) is 0 Å². The zero-order valence-corrected chi connectivity index (χ0v) is 7.20. The van der Waals surface area contributed by atoms with E-state index in [-0.39, 0.29) is 10.7 Å². The number of carbonyl (C=O) groups is 1. The number of nitrogens with zero attached hydrogens (tertiary/aromatic N) is 1. The molecule has 0 fully saturated rings. The molecule has 1 heterocycles. The van der Waals surface area contributed by atoms with Crippen LogP contribution in [0.2, 0.25) is 5.15 Å². The Balaban J connectivity index is 3.17. The monoisotopic (exact) mass is 192 g/mol. The Kier molecular flexibility index (Phi) is 2.31. The van der Waals surface area contributed by atoms with Crippen molar-refractivity contribution in [2.75, 3.05) is 7.11 Å². The molecular weight excluding hydrogens is 188 g/mol. The minimum absolute atomic E-state index is 0.0966. The highest BCUT2D eigenvalue weighted by Gasteiger charge is 2.17. The number of methoxy groups -OCH3 is 1. The van der Waals surface area contributed by atoms with E-state index < -0.39 is 5.91 Å². The fourth-order valence-corrected chi connectivity index (χ4v) is 1.55. The second-order valence-electron chi connectivity index (χ2n) is 1.70. The number of hydrogen-bond donors (Lipinski definition) is 1. The summed E-state index contributed by atoms with van der Waals surface area (Å²) < 4.78 is 8.49. The lowest BCUT2D eigenvalue weighted by Gasteiger charge is -1.94. The average Bonchev–Trinajstić information content (AvgIpc) is 2.30. The van der Waals surface area contributed by atoms with Gasteiger partial charge in [-0.15, -0.1) is 0 Å². The fourth-order valence-electron chi connectivity index (χ4n) is 0.599. The molecule has 1 rings (SSSR count). The normalized spacial score (nSPS) is 9.64. The molecule has 0 radical (unpaired) electrons. The number of aromatic nitrogens is 1. The maximum atomic E-state index is 10.7. The maximum Gasteiger partial charge on any atom is 0.256 e. The molecule has 0 atom stereocenters. The van der Waals surface area contributed by atoms with E-state index in [0.717, 1.165) is 11.5 Å². The van der Waals surface area contributed by atoms with Crippen LogP contribution in [-0.4, -0.2) is 17.4 Å². The van der Waals surface area contributed by atoms with Crippen LogP contribution in [0.25, 0.3) is 0 Å². The Labute approximate surface area is 72.1 Å². The van der Waals surface area contributed by atoms with E-state index in [4.69, 9.17) is 22.1 Å². The average molecular weight is 193 g/mol. The lowest BCUT2D eigenvalue weighted by molar-refractivity contribution is 0.0998. The quantitative estimate of drug-likeness (QED) is 0.758. The summed E-state index contributed by atoms with van der Waals surface area (Å²) in [6.45, 7) is 0. The molecule has 0 aromatic carbocycles. The Morgan fingerprint density at radius 3 is 2.82 bits per heavy atom. The molecule has 60 valence electrons. The third-order valence-corrected chi connectivity index (χ3v) is 2.24. The molecule has 11 heavy (non-hydrogen) atoms. The van der Waals surface area contributed by atoms with Crippen molar-refractivity contribution >= 4 is 29.0 Å². The predicted octanol–water partition coefficient (Wildman–Crippen LogP) is 0.904. The Morgan fingerprint density at radius 2 is 2.45 bits per heavy atom. The second kappa shape index (κ2) is 3.06.